The number of unbranched alkanes of at least 4 members (excludes halogenated alkanes) is 2. The molecule has 0 bridgehead atoms. The molecule has 1 heterocycles. The van der Waals surface area contributed by atoms with E-state index in [9.17, 15) is 18.0 Å². The van der Waals surface area contributed by atoms with Crippen LogP contribution >= 0.6 is 0 Å². The normalized spacial score (nSPS) is 12.0. The highest BCUT2D eigenvalue weighted by Gasteiger charge is 2.25. The molecule has 0 spiro atoms. The minimum Gasteiger partial charge on any atom is -0.396 e. The number of rotatable bonds is 7. The predicted octanol–water partition coefficient (Wildman–Crippen LogP) is -1.13. The summed E-state index contributed by atoms with van der Waals surface area (Å²) in [6.45, 7) is 0.312. The predicted molar refractivity (Wildman–Crippen MR) is 77.7 cm³/mol. The van der Waals surface area contributed by atoms with Gasteiger partial charge in [-0.25, -0.2) is 17.5 Å². The van der Waals surface area contributed by atoms with E-state index in [4.69, 9.17) is 5.11 Å². The maximum atomic E-state index is 12.4. The Morgan fingerprint density at radius 1 is 1.19 bits per heavy atom. The molecule has 0 aliphatic heterocycles. The van der Waals surface area contributed by atoms with Crippen molar-refractivity contribution in [1.82, 2.24) is 13.4 Å². The van der Waals surface area contributed by atoms with Crippen molar-refractivity contribution in [3.63, 3.8) is 0 Å². The van der Waals surface area contributed by atoms with Gasteiger partial charge in [0.15, 0.2) is 4.90 Å². The first kappa shape index (κ1) is 17.6. The fourth-order valence-corrected chi connectivity index (χ4v) is 3.22. The Kier molecular flexibility index (Phi) is 5.87. The number of aromatic nitrogens is 2. The highest BCUT2D eigenvalue weighted by molar-refractivity contribution is 7.89. The Morgan fingerprint density at radius 2 is 1.81 bits per heavy atom. The largest absolute Gasteiger partial charge is 0.396 e. The first-order chi connectivity index (χ1) is 9.73. The second-order valence-electron chi connectivity index (χ2n) is 4.86. The van der Waals surface area contributed by atoms with E-state index >= 15 is 0 Å². The Labute approximate surface area is 123 Å². The third-order valence-electron chi connectivity index (χ3n) is 3.23. The summed E-state index contributed by atoms with van der Waals surface area (Å²) in [5.74, 6) is 0. The smallest absolute Gasteiger partial charge is 0.330 e. The van der Waals surface area contributed by atoms with Crippen molar-refractivity contribution >= 4 is 10.0 Å². The molecule has 0 aliphatic carbocycles. The number of nitrogens with zero attached hydrogens (tertiary/aromatic N) is 3. The minimum absolute atomic E-state index is 0.0673. The van der Waals surface area contributed by atoms with Crippen molar-refractivity contribution < 1.29 is 13.5 Å². The Hall–Kier alpha value is -1.45. The van der Waals surface area contributed by atoms with E-state index in [2.05, 4.69) is 0 Å². The summed E-state index contributed by atoms with van der Waals surface area (Å²) in [6, 6.07) is 0. The number of aryl methyl sites for hydroxylation is 1. The number of aliphatic hydroxyl groups is 1. The molecule has 0 fully saturated rings. The van der Waals surface area contributed by atoms with Crippen LogP contribution in [-0.4, -0.2) is 47.2 Å². The second-order valence-corrected chi connectivity index (χ2v) is 6.88. The highest BCUT2D eigenvalue weighted by atomic mass is 32.2. The van der Waals surface area contributed by atoms with Crippen molar-refractivity contribution in [2.45, 2.75) is 24.2 Å². The van der Waals surface area contributed by atoms with Gasteiger partial charge in [0.2, 0.25) is 10.0 Å². The number of hydrogen-bond donors (Lipinski definition) is 1. The molecule has 1 aromatic heterocycles. The zero-order chi connectivity index (χ0) is 16.2. The molecule has 0 unspecified atom stereocenters. The molecule has 1 aromatic rings. The number of sulfonamides is 1. The van der Waals surface area contributed by atoms with E-state index in [0.29, 0.717) is 19.3 Å². The lowest BCUT2D eigenvalue weighted by atomic mass is 10.2. The molecule has 0 radical (unpaired) electrons. The lowest BCUT2D eigenvalue weighted by Crippen LogP contribution is -2.42. The van der Waals surface area contributed by atoms with Gasteiger partial charge in [-0.05, 0) is 19.3 Å². The first-order valence-corrected chi connectivity index (χ1v) is 8.01. The maximum absolute atomic E-state index is 12.4. The SMILES string of the molecule is CN(CCCCCO)S(=O)(=O)c1cn(C)c(=O)n(C)c1=O. The molecule has 0 aromatic carbocycles. The van der Waals surface area contributed by atoms with Crippen LogP contribution in [0.1, 0.15) is 19.3 Å². The van der Waals surface area contributed by atoms with Gasteiger partial charge < -0.3 is 9.67 Å². The highest BCUT2D eigenvalue weighted by Crippen LogP contribution is 2.10. The molecule has 0 atom stereocenters. The summed E-state index contributed by atoms with van der Waals surface area (Å²) >= 11 is 0. The number of aliphatic hydroxyl groups excluding tert-OH is 1. The molecular formula is C12H21N3O5S. The lowest BCUT2D eigenvalue weighted by molar-refractivity contribution is 0.281. The van der Waals surface area contributed by atoms with E-state index in [-0.39, 0.29) is 13.2 Å². The molecule has 0 saturated carbocycles. The molecule has 0 saturated heterocycles. The Morgan fingerprint density at radius 3 is 2.38 bits per heavy atom. The van der Waals surface area contributed by atoms with Crippen LogP contribution in [0.4, 0.5) is 0 Å². The van der Waals surface area contributed by atoms with Crippen LogP contribution < -0.4 is 11.2 Å². The van der Waals surface area contributed by atoms with Crippen molar-refractivity contribution in [3.8, 4) is 0 Å². The van der Waals surface area contributed by atoms with Crippen molar-refractivity contribution in [1.29, 1.82) is 0 Å². The molecule has 1 rings (SSSR count). The van der Waals surface area contributed by atoms with Crippen LogP contribution in [0.5, 0.6) is 0 Å². The summed E-state index contributed by atoms with van der Waals surface area (Å²) in [7, 11) is 0.0788. The molecule has 9 heteroatoms. The van der Waals surface area contributed by atoms with Gasteiger partial charge in [0.05, 0.1) is 0 Å². The average molecular weight is 319 g/mol. The zero-order valence-electron chi connectivity index (χ0n) is 12.4. The number of hydrogen-bond acceptors (Lipinski definition) is 5. The molecule has 0 amide bonds. The standard InChI is InChI=1S/C12H21N3O5S/c1-13-9-10(11(17)15(3)12(13)18)21(19,20)14(2)7-5-4-6-8-16/h9,16H,4-8H2,1-3H3. The summed E-state index contributed by atoms with van der Waals surface area (Å²) in [4.78, 5) is 23.1. The minimum atomic E-state index is -3.94. The third kappa shape index (κ3) is 3.80. The maximum Gasteiger partial charge on any atom is 0.330 e. The van der Waals surface area contributed by atoms with Gasteiger partial charge in [-0.1, -0.05) is 0 Å². The fraction of sp³-hybridized carbons (Fsp3) is 0.667. The van der Waals surface area contributed by atoms with Crippen LogP contribution in [0.2, 0.25) is 0 Å². The summed E-state index contributed by atoms with van der Waals surface area (Å²) in [5.41, 5.74) is -1.41. The van der Waals surface area contributed by atoms with Gasteiger partial charge in [-0.2, -0.15) is 0 Å². The zero-order valence-corrected chi connectivity index (χ0v) is 13.3. The topological polar surface area (TPSA) is 102 Å². The van der Waals surface area contributed by atoms with Crippen LogP contribution in [0.25, 0.3) is 0 Å². The molecule has 8 nitrogen and oxygen atoms in total. The second kappa shape index (κ2) is 7.01. The van der Waals surface area contributed by atoms with E-state index in [1.165, 1.54) is 21.1 Å². The first-order valence-electron chi connectivity index (χ1n) is 6.57. The summed E-state index contributed by atoms with van der Waals surface area (Å²) < 4.78 is 27.7. The molecular weight excluding hydrogens is 298 g/mol. The van der Waals surface area contributed by atoms with Crippen LogP contribution in [0.3, 0.4) is 0 Å². The average Bonchev–Trinajstić information content (AvgIpc) is 2.44. The summed E-state index contributed by atoms with van der Waals surface area (Å²) in [5, 5.41) is 8.68. The fourth-order valence-electron chi connectivity index (χ4n) is 1.86. The van der Waals surface area contributed by atoms with Gasteiger partial charge >= 0.3 is 5.69 Å². The van der Waals surface area contributed by atoms with Crippen molar-refractivity contribution in [3.05, 3.63) is 27.0 Å². The summed E-state index contributed by atoms with van der Waals surface area (Å²) in [6.07, 6.45) is 2.93. The van der Waals surface area contributed by atoms with Gasteiger partial charge in [0, 0.05) is 40.5 Å². The quantitative estimate of drug-likeness (QED) is 0.641. The Bertz CT molecular complexity index is 705. The lowest BCUT2D eigenvalue weighted by Gasteiger charge is -2.17. The Balaban J connectivity index is 3.09. The van der Waals surface area contributed by atoms with Gasteiger partial charge in [-0.15, -0.1) is 0 Å². The van der Waals surface area contributed by atoms with Gasteiger partial charge in [0.1, 0.15) is 0 Å². The van der Waals surface area contributed by atoms with E-state index in [1.807, 2.05) is 0 Å². The van der Waals surface area contributed by atoms with Gasteiger partial charge in [0.25, 0.3) is 5.56 Å². The van der Waals surface area contributed by atoms with Crippen LogP contribution in [-0.2, 0) is 24.1 Å². The van der Waals surface area contributed by atoms with Crippen molar-refractivity contribution in [2.75, 3.05) is 20.2 Å². The van der Waals surface area contributed by atoms with E-state index in [0.717, 1.165) is 19.6 Å². The van der Waals surface area contributed by atoms with E-state index in [1.54, 1.807) is 0 Å². The third-order valence-corrected chi connectivity index (χ3v) is 5.07. The van der Waals surface area contributed by atoms with Gasteiger partial charge in [-0.3, -0.25) is 9.36 Å². The van der Waals surface area contributed by atoms with Crippen molar-refractivity contribution in [2.24, 2.45) is 14.1 Å². The van der Waals surface area contributed by atoms with Crippen LogP contribution in [0, 0.1) is 0 Å². The molecule has 1 N–H and O–H groups in total. The monoisotopic (exact) mass is 319 g/mol. The van der Waals surface area contributed by atoms with Crippen LogP contribution in [0.15, 0.2) is 20.7 Å². The molecule has 0 aliphatic rings. The van der Waals surface area contributed by atoms with E-state index < -0.39 is 26.2 Å². The molecule has 21 heavy (non-hydrogen) atoms. The molecule has 120 valence electrons.